The van der Waals surface area contributed by atoms with E-state index in [1.165, 1.54) is 11.8 Å². The molecule has 0 unspecified atom stereocenters. The summed E-state index contributed by atoms with van der Waals surface area (Å²) in [6.45, 7) is 1.82. The predicted molar refractivity (Wildman–Crippen MR) is 104 cm³/mol. The zero-order valence-corrected chi connectivity index (χ0v) is 15.3. The third-order valence-electron chi connectivity index (χ3n) is 3.83. The van der Waals surface area contributed by atoms with Gasteiger partial charge in [0, 0.05) is 16.1 Å². The van der Waals surface area contributed by atoms with E-state index in [9.17, 15) is 4.79 Å². The molecular weight excluding hydrogens is 370 g/mol. The van der Waals surface area contributed by atoms with Crippen LogP contribution in [0.15, 0.2) is 60.0 Å². The standard InChI is InChI=1S/C18H14ClN5OS/c1-11(17(25)21-13-8-6-12(19)7-9-13)26-18-22-16-14-4-2-3-5-15(14)20-10-24(16)23-18/h2-11H,1H3,(H,21,25)/t11-/m1/s1. The highest BCUT2D eigenvalue weighted by Gasteiger charge is 2.18. The van der Waals surface area contributed by atoms with Gasteiger partial charge in [0.15, 0.2) is 5.65 Å². The number of para-hydroxylation sites is 1. The summed E-state index contributed by atoms with van der Waals surface area (Å²) in [5.74, 6) is -0.126. The van der Waals surface area contributed by atoms with Crippen LogP contribution in [0.1, 0.15) is 6.92 Å². The monoisotopic (exact) mass is 383 g/mol. The number of carbonyl (C=O) groups is 1. The summed E-state index contributed by atoms with van der Waals surface area (Å²) in [4.78, 5) is 21.3. The summed E-state index contributed by atoms with van der Waals surface area (Å²) >= 11 is 7.16. The molecule has 4 rings (SSSR count). The largest absolute Gasteiger partial charge is 0.325 e. The molecule has 1 amide bonds. The van der Waals surface area contributed by atoms with E-state index in [1.54, 1.807) is 35.1 Å². The van der Waals surface area contributed by atoms with Crippen LogP contribution in [0.3, 0.4) is 0 Å². The van der Waals surface area contributed by atoms with Gasteiger partial charge >= 0.3 is 0 Å². The van der Waals surface area contributed by atoms with Crippen molar-refractivity contribution in [3.63, 3.8) is 0 Å². The van der Waals surface area contributed by atoms with Gasteiger partial charge in [-0.1, -0.05) is 35.5 Å². The number of thioether (sulfide) groups is 1. The minimum atomic E-state index is -0.359. The number of anilines is 1. The maximum Gasteiger partial charge on any atom is 0.237 e. The van der Waals surface area contributed by atoms with Gasteiger partial charge in [0.25, 0.3) is 0 Å². The molecule has 130 valence electrons. The van der Waals surface area contributed by atoms with Crippen LogP contribution in [0.2, 0.25) is 5.02 Å². The Morgan fingerprint density at radius 2 is 1.96 bits per heavy atom. The van der Waals surface area contributed by atoms with Crippen LogP contribution in [0, 0.1) is 0 Å². The number of rotatable bonds is 4. The lowest BCUT2D eigenvalue weighted by atomic mass is 10.2. The number of hydrogen-bond donors (Lipinski definition) is 1. The number of aromatic nitrogens is 4. The molecule has 0 radical (unpaired) electrons. The molecule has 26 heavy (non-hydrogen) atoms. The van der Waals surface area contributed by atoms with Crippen LogP contribution in [-0.4, -0.2) is 30.7 Å². The Morgan fingerprint density at radius 3 is 2.77 bits per heavy atom. The second kappa shape index (κ2) is 6.93. The molecule has 6 nitrogen and oxygen atoms in total. The van der Waals surface area contributed by atoms with E-state index in [0.717, 1.165) is 16.6 Å². The van der Waals surface area contributed by atoms with Crippen LogP contribution in [-0.2, 0) is 4.79 Å². The van der Waals surface area contributed by atoms with Crippen LogP contribution in [0.25, 0.3) is 16.6 Å². The van der Waals surface area contributed by atoms with Crippen molar-refractivity contribution in [1.29, 1.82) is 0 Å². The van der Waals surface area contributed by atoms with Crippen molar-refractivity contribution < 1.29 is 4.79 Å². The number of hydrogen-bond acceptors (Lipinski definition) is 5. The fourth-order valence-electron chi connectivity index (χ4n) is 2.50. The highest BCUT2D eigenvalue weighted by atomic mass is 35.5. The number of nitrogens with one attached hydrogen (secondary N) is 1. The van der Waals surface area contributed by atoms with Crippen LogP contribution >= 0.6 is 23.4 Å². The number of nitrogens with zero attached hydrogens (tertiary/aromatic N) is 4. The molecule has 2 aromatic heterocycles. The Morgan fingerprint density at radius 1 is 1.19 bits per heavy atom. The number of amides is 1. The highest BCUT2D eigenvalue weighted by Crippen LogP contribution is 2.24. The lowest BCUT2D eigenvalue weighted by molar-refractivity contribution is -0.115. The number of benzene rings is 2. The normalized spacial score (nSPS) is 12.4. The first-order valence-corrected chi connectivity index (χ1v) is 9.19. The molecule has 1 atom stereocenters. The second-order valence-electron chi connectivity index (χ2n) is 5.68. The van der Waals surface area contributed by atoms with Crippen molar-refractivity contribution in [2.45, 2.75) is 17.3 Å². The average Bonchev–Trinajstić information content (AvgIpc) is 3.06. The first kappa shape index (κ1) is 16.8. The fourth-order valence-corrected chi connectivity index (χ4v) is 3.38. The van der Waals surface area contributed by atoms with Gasteiger partial charge in [-0.15, -0.1) is 5.10 Å². The first-order valence-electron chi connectivity index (χ1n) is 7.93. The quantitative estimate of drug-likeness (QED) is 0.538. The van der Waals surface area contributed by atoms with Crippen molar-refractivity contribution in [1.82, 2.24) is 19.6 Å². The molecule has 0 bridgehead atoms. The van der Waals surface area contributed by atoms with Gasteiger partial charge in [0.2, 0.25) is 11.1 Å². The minimum Gasteiger partial charge on any atom is -0.325 e. The Balaban J connectivity index is 1.53. The van der Waals surface area contributed by atoms with Crippen LogP contribution in [0.4, 0.5) is 5.69 Å². The zero-order chi connectivity index (χ0) is 18.1. The molecule has 0 saturated heterocycles. The molecule has 0 aliphatic heterocycles. The SMILES string of the molecule is C[C@@H](Sc1nc2c3ccccc3ncn2n1)C(=O)Nc1ccc(Cl)cc1. The van der Waals surface area contributed by atoms with Gasteiger partial charge in [0.05, 0.1) is 10.8 Å². The molecule has 2 aromatic carbocycles. The summed E-state index contributed by atoms with van der Waals surface area (Å²) in [5, 5.41) is 8.99. The maximum atomic E-state index is 12.4. The molecule has 0 aliphatic rings. The molecule has 1 N–H and O–H groups in total. The van der Waals surface area contributed by atoms with Gasteiger partial charge in [-0.25, -0.2) is 14.5 Å². The summed E-state index contributed by atoms with van der Waals surface area (Å²) in [6, 6.07) is 14.7. The molecule has 2 heterocycles. The van der Waals surface area contributed by atoms with Crippen molar-refractivity contribution in [2.24, 2.45) is 0 Å². The van der Waals surface area contributed by atoms with Crippen LogP contribution in [0.5, 0.6) is 0 Å². The zero-order valence-electron chi connectivity index (χ0n) is 13.8. The molecule has 8 heteroatoms. The lowest BCUT2D eigenvalue weighted by Gasteiger charge is -2.10. The van der Waals surface area contributed by atoms with Crippen molar-refractivity contribution in [3.8, 4) is 0 Å². The number of halogens is 1. The van der Waals surface area contributed by atoms with E-state index >= 15 is 0 Å². The van der Waals surface area contributed by atoms with E-state index in [4.69, 9.17) is 11.6 Å². The second-order valence-corrected chi connectivity index (χ2v) is 7.42. The Bertz CT molecular complexity index is 1100. The lowest BCUT2D eigenvalue weighted by Crippen LogP contribution is -2.22. The fraction of sp³-hybridized carbons (Fsp3) is 0.111. The molecule has 0 spiro atoms. The topological polar surface area (TPSA) is 72.2 Å². The summed E-state index contributed by atoms with van der Waals surface area (Å²) in [5.41, 5.74) is 2.28. The Hall–Kier alpha value is -2.64. The predicted octanol–water partition coefficient (Wildman–Crippen LogP) is 4.05. The maximum absolute atomic E-state index is 12.4. The Kier molecular flexibility index (Phi) is 4.48. The number of fused-ring (bicyclic) bond motifs is 3. The first-order chi connectivity index (χ1) is 12.6. The van der Waals surface area contributed by atoms with E-state index < -0.39 is 0 Å². The van der Waals surface area contributed by atoms with Crippen molar-refractivity contribution >= 4 is 51.5 Å². The van der Waals surface area contributed by atoms with E-state index in [1.807, 2.05) is 31.2 Å². The van der Waals surface area contributed by atoms with Crippen LogP contribution < -0.4 is 5.32 Å². The number of carbonyl (C=O) groups excluding carboxylic acids is 1. The van der Waals surface area contributed by atoms with Gasteiger partial charge in [0.1, 0.15) is 6.33 Å². The smallest absolute Gasteiger partial charge is 0.237 e. The van der Waals surface area contributed by atoms with Gasteiger partial charge < -0.3 is 5.32 Å². The summed E-state index contributed by atoms with van der Waals surface area (Å²) < 4.78 is 1.63. The molecule has 4 aromatic rings. The third kappa shape index (κ3) is 3.36. The third-order valence-corrected chi connectivity index (χ3v) is 5.03. The van der Waals surface area contributed by atoms with Gasteiger partial charge in [-0.3, -0.25) is 4.79 Å². The molecule has 0 saturated carbocycles. The van der Waals surface area contributed by atoms with E-state index in [-0.39, 0.29) is 11.2 Å². The Labute approximate surface area is 158 Å². The molecule has 0 aliphatic carbocycles. The van der Waals surface area contributed by atoms with Gasteiger partial charge in [-0.05, 0) is 43.3 Å². The summed E-state index contributed by atoms with van der Waals surface area (Å²) in [6.07, 6.45) is 1.63. The highest BCUT2D eigenvalue weighted by molar-refractivity contribution is 8.00. The van der Waals surface area contributed by atoms with Crippen molar-refractivity contribution in [2.75, 3.05) is 5.32 Å². The van der Waals surface area contributed by atoms with E-state index in [0.29, 0.717) is 15.9 Å². The van der Waals surface area contributed by atoms with E-state index in [2.05, 4.69) is 20.4 Å². The van der Waals surface area contributed by atoms with Gasteiger partial charge in [-0.2, -0.15) is 0 Å². The molecular formula is C18H14ClN5OS. The van der Waals surface area contributed by atoms with Crippen molar-refractivity contribution in [3.05, 3.63) is 59.9 Å². The minimum absolute atomic E-state index is 0.126. The summed E-state index contributed by atoms with van der Waals surface area (Å²) in [7, 11) is 0. The average molecular weight is 384 g/mol. The molecule has 0 fully saturated rings.